The molecule has 0 aliphatic carbocycles. The summed E-state index contributed by atoms with van der Waals surface area (Å²) in [6.07, 6.45) is 0. The van der Waals surface area contributed by atoms with Gasteiger partial charge in [-0.1, -0.05) is 30.3 Å². The second-order valence-electron chi connectivity index (χ2n) is 4.27. The number of hydrogen-bond acceptors (Lipinski definition) is 5. The third-order valence-corrected chi connectivity index (χ3v) is 2.92. The molecular weight excluding hydrogens is 260 g/mol. The molecule has 0 saturated carbocycles. The minimum atomic E-state index is -0.428. The first-order chi connectivity index (χ1) is 9.59. The zero-order valence-corrected chi connectivity index (χ0v) is 10.6. The number of nitrogens with one attached hydrogen (secondary N) is 1. The highest BCUT2D eigenvalue weighted by Crippen LogP contribution is 2.28. The van der Waals surface area contributed by atoms with Crippen molar-refractivity contribution < 1.29 is 15.1 Å². The van der Waals surface area contributed by atoms with E-state index in [4.69, 9.17) is 0 Å². The van der Waals surface area contributed by atoms with E-state index in [9.17, 15) is 20.3 Å². The minimum Gasteiger partial charge on any atom is -0.504 e. The largest absolute Gasteiger partial charge is 0.504 e. The van der Waals surface area contributed by atoms with Crippen LogP contribution in [0.5, 0.6) is 11.5 Å². The molecule has 3 N–H and O–H groups in total. The normalized spacial score (nSPS) is 10.4. The predicted molar refractivity (Wildman–Crippen MR) is 73.4 cm³/mol. The number of aromatic hydroxyl groups is 2. The number of phenols is 2. The Morgan fingerprint density at radius 1 is 1.00 bits per heavy atom. The van der Waals surface area contributed by atoms with Crippen molar-refractivity contribution in [3.05, 3.63) is 63.7 Å². The molecular formula is C14H14N2O4. The van der Waals surface area contributed by atoms with Gasteiger partial charge in [0, 0.05) is 30.3 Å². The number of benzene rings is 2. The highest BCUT2D eigenvalue weighted by Gasteiger charge is 2.12. The summed E-state index contributed by atoms with van der Waals surface area (Å²) in [7, 11) is 0. The Morgan fingerprint density at radius 3 is 2.40 bits per heavy atom. The maximum atomic E-state index is 10.9. The monoisotopic (exact) mass is 274 g/mol. The molecule has 0 aliphatic rings. The third kappa shape index (κ3) is 3.04. The van der Waals surface area contributed by atoms with E-state index in [1.165, 1.54) is 12.1 Å². The summed E-state index contributed by atoms with van der Waals surface area (Å²) in [6.45, 7) is 0.596. The molecule has 2 rings (SSSR count). The van der Waals surface area contributed by atoms with E-state index in [2.05, 4.69) is 5.32 Å². The van der Waals surface area contributed by atoms with Gasteiger partial charge in [-0.3, -0.25) is 10.1 Å². The first-order valence-corrected chi connectivity index (χ1v) is 6.02. The fourth-order valence-electron chi connectivity index (χ4n) is 1.89. The maximum Gasteiger partial charge on any atom is 0.273 e. The number of phenolic OH excluding ortho intramolecular Hbond substituents is 2. The second kappa shape index (κ2) is 6.03. The fourth-order valence-corrected chi connectivity index (χ4v) is 1.89. The van der Waals surface area contributed by atoms with Crippen molar-refractivity contribution in [3.8, 4) is 11.5 Å². The molecule has 0 heterocycles. The number of nitro groups is 1. The lowest BCUT2D eigenvalue weighted by atomic mass is 10.1. The molecule has 0 aromatic heterocycles. The SMILES string of the molecule is O=[N+]([O-])c1ccccc1CNCc1cccc(O)c1O. The molecule has 6 heteroatoms. The highest BCUT2D eigenvalue weighted by molar-refractivity contribution is 5.44. The Hall–Kier alpha value is -2.60. The lowest BCUT2D eigenvalue weighted by molar-refractivity contribution is -0.385. The lowest BCUT2D eigenvalue weighted by Gasteiger charge is -2.08. The van der Waals surface area contributed by atoms with Crippen LogP contribution in [0.2, 0.25) is 0 Å². The van der Waals surface area contributed by atoms with Crippen LogP contribution < -0.4 is 5.32 Å². The molecule has 0 radical (unpaired) electrons. The van der Waals surface area contributed by atoms with E-state index in [1.54, 1.807) is 30.3 Å². The van der Waals surface area contributed by atoms with E-state index in [0.717, 1.165) is 0 Å². The van der Waals surface area contributed by atoms with Gasteiger partial charge in [0.2, 0.25) is 0 Å². The Balaban J connectivity index is 2.03. The molecule has 0 bridgehead atoms. The van der Waals surface area contributed by atoms with Crippen molar-refractivity contribution in [1.29, 1.82) is 0 Å². The van der Waals surface area contributed by atoms with E-state index < -0.39 is 4.92 Å². The van der Waals surface area contributed by atoms with E-state index in [-0.39, 0.29) is 17.2 Å². The summed E-state index contributed by atoms with van der Waals surface area (Å²) in [6, 6.07) is 11.1. The topological polar surface area (TPSA) is 95.6 Å². The van der Waals surface area contributed by atoms with Crippen LogP contribution in [0.4, 0.5) is 5.69 Å². The average molecular weight is 274 g/mol. The van der Waals surface area contributed by atoms with Crippen molar-refractivity contribution in [3.63, 3.8) is 0 Å². The Bertz CT molecular complexity index is 628. The molecule has 20 heavy (non-hydrogen) atoms. The van der Waals surface area contributed by atoms with Crippen LogP contribution in [0.3, 0.4) is 0 Å². The van der Waals surface area contributed by atoms with Gasteiger partial charge in [0.05, 0.1) is 4.92 Å². The van der Waals surface area contributed by atoms with Crippen molar-refractivity contribution in [1.82, 2.24) is 5.32 Å². The number of rotatable bonds is 5. The van der Waals surface area contributed by atoms with Crippen molar-refractivity contribution in [2.24, 2.45) is 0 Å². The molecule has 104 valence electrons. The zero-order valence-electron chi connectivity index (χ0n) is 10.6. The number of hydrogen-bond donors (Lipinski definition) is 3. The van der Waals surface area contributed by atoms with Gasteiger partial charge < -0.3 is 15.5 Å². The van der Waals surface area contributed by atoms with Crippen molar-refractivity contribution in [2.75, 3.05) is 0 Å². The summed E-state index contributed by atoms with van der Waals surface area (Å²) in [4.78, 5) is 10.4. The van der Waals surface area contributed by atoms with Gasteiger partial charge in [-0.15, -0.1) is 0 Å². The van der Waals surface area contributed by atoms with E-state index in [1.807, 2.05) is 0 Å². The molecule has 0 amide bonds. The van der Waals surface area contributed by atoms with Crippen LogP contribution in [-0.4, -0.2) is 15.1 Å². The van der Waals surface area contributed by atoms with Crippen LogP contribution in [-0.2, 0) is 13.1 Å². The molecule has 0 spiro atoms. The summed E-state index contributed by atoms with van der Waals surface area (Å²) in [5.41, 5.74) is 1.15. The first-order valence-electron chi connectivity index (χ1n) is 6.02. The third-order valence-electron chi connectivity index (χ3n) is 2.92. The van der Waals surface area contributed by atoms with Gasteiger partial charge in [-0.25, -0.2) is 0 Å². The summed E-state index contributed by atoms with van der Waals surface area (Å²) >= 11 is 0. The van der Waals surface area contributed by atoms with E-state index in [0.29, 0.717) is 24.2 Å². The fraction of sp³-hybridized carbons (Fsp3) is 0.143. The van der Waals surface area contributed by atoms with Crippen molar-refractivity contribution in [2.45, 2.75) is 13.1 Å². The smallest absolute Gasteiger partial charge is 0.273 e. The quantitative estimate of drug-likeness (QED) is 0.441. The number of para-hydroxylation sites is 2. The molecule has 0 atom stereocenters. The van der Waals surface area contributed by atoms with Crippen LogP contribution in [0.25, 0.3) is 0 Å². The van der Waals surface area contributed by atoms with Crippen LogP contribution >= 0.6 is 0 Å². The molecule has 0 saturated heterocycles. The standard InChI is InChI=1S/C14H14N2O4/c17-13-7-3-5-11(14(13)18)9-15-8-10-4-1-2-6-12(10)16(19)20/h1-7,15,17-18H,8-9H2. The van der Waals surface area contributed by atoms with Crippen LogP contribution in [0, 0.1) is 10.1 Å². The second-order valence-corrected chi connectivity index (χ2v) is 4.27. The van der Waals surface area contributed by atoms with Crippen LogP contribution in [0.1, 0.15) is 11.1 Å². The van der Waals surface area contributed by atoms with Gasteiger partial charge >= 0.3 is 0 Å². The zero-order chi connectivity index (χ0) is 14.5. The van der Waals surface area contributed by atoms with Gasteiger partial charge in [0.25, 0.3) is 5.69 Å². The van der Waals surface area contributed by atoms with Gasteiger partial charge in [-0.2, -0.15) is 0 Å². The first kappa shape index (κ1) is 13.8. The van der Waals surface area contributed by atoms with Gasteiger partial charge in [0.15, 0.2) is 11.5 Å². The minimum absolute atomic E-state index is 0.0557. The van der Waals surface area contributed by atoms with Crippen LogP contribution in [0.15, 0.2) is 42.5 Å². The molecule has 0 aliphatic heterocycles. The lowest BCUT2D eigenvalue weighted by Crippen LogP contribution is -2.13. The number of nitrogens with zero attached hydrogens (tertiary/aromatic N) is 1. The molecule has 6 nitrogen and oxygen atoms in total. The number of nitro benzene ring substituents is 1. The average Bonchev–Trinajstić information content (AvgIpc) is 2.44. The predicted octanol–water partition coefficient (Wildman–Crippen LogP) is 2.30. The summed E-state index contributed by atoms with van der Waals surface area (Å²) < 4.78 is 0. The molecule has 0 unspecified atom stereocenters. The summed E-state index contributed by atoms with van der Waals surface area (Å²) in [5.74, 6) is -0.363. The molecule has 2 aromatic carbocycles. The van der Waals surface area contributed by atoms with Crippen molar-refractivity contribution >= 4 is 5.69 Å². The highest BCUT2D eigenvalue weighted by atomic mass is 16.6. The Labute approximate surface area is 115 Å². The van der Waals surface area contributed by atoms with Gasteiger partial charge in [-0.05, 0) is 6.07 Å². The summed E-state index contributed by atoms with van der Waals surface area (Å²) in [5, 5.41) is 32.9. The Kier molecular flexibility index (Phi) is 4.17. The molecule has 2 aromatic rings. The molecule has 0 fully saturated rings. The Morgan fingerprint density at radius 2 is 1.65 bits per heavy atom. The van der Waals surface area contributed by atoms with E-state index >= 15 is 0 Å². The van der Waals surface area contributed by atoms with Gasteiger partial charge in [0.1, 0.15) is 0 Å². The maximum absolute atomic E-state index is 10.9.